The quantitative estimate of drug-likeness (QED) is 0.779. The van der Waals surface area contributed by atoms with Gasteiger partial charge in [-0.1, -0.05) is 35.0 Å². The van der Waals surface area contributed by atoms with Crippen LogP contribution in [0.15, 0.2) is 53.1 Å². The molecule has 2 aromatic carbocycles. The van der Waals surface area contributed by atoms with Gasteiger partial charge in [-0.2, -0.15) is 4.98 Å². The molecule has 1 heterocycles. The zero-order valence-electron chi connectivity index (χ0n) is 12.4. The van der Waals surface area contributed by atoms with E-state index in [9.17, 15) is 4.79 Å². The number of benzene rings is 2. The molecule has 0 fully saturated rings. The van der Waals surface area contributed by atoms with Gasteiger partial charge in [0, 0.05) is 5.56 Å². The number of aliphatic carboxylic acids is 1. The lowest BCUT2D eigenvalue weighted by atomic mass is 10.1. The molecule has 6 nitrogen and oxygen atoms in total. The van der Waals surface area contributed by atoms with E-state index in [0.29, 0.717) is 23.0 Å². The Balaban J connectivity index is 1.93. The molecular formula is C17H14N2O4. The second kappa shape index (κ2) is 6.31. The Kier molecular flexibility index (Phi) is 4.05. The van der Waals surface area contributed by atoms with Gasteiger partial charge in [0.15, 0.2) is 6.61 Å². The van der Waals surface area contributed by atoms with Crippen molar-refractivity contribution in [1.29, 1.82) is 0 Å². The largest absolute Gasteiger partial charge is 0.481 e. The predicted molar refractivity (Wildman–Crippen MR) is 83.0 cm³/mol. The molecule has 0 saturated heterocycles. The summed E-state index contributed by atoms with van der Waals surface area (Å²) < 4.78 is 10.6. The third kappa shape index (κ3) is 3.37. The van der Waals surface area contributed by atoms with E-state index in [0.717, 1.165) is 11.1 Å². The minimum atomic E-state index is -1.05. The Morgan fingerprint density at radius 1 is 1.22 bits per heavy atom. The molecule has 0 saturated carbocycles. The maximum atomic E-state index is 10.7. The van der Waals surface area contributed by atoms with Crippen molar-refractivity contribution in [2.75, 3.05) is 6.61 Å². The molecule has 0 radical (unpaired) electrons. The fourth-order valence-electron chi connectivity index (χ4n) is 2.14. The van der Waals surface area contributed by atoms with Crippen molar-refractivity contribution in [3.8, 4) is 28.6 Å². The zero-order chi connectivity index (χ0) is 16.2. The normalized spacial score (nSPS) is 10.5. The van der Waals surface area contributed by atoms with Crippen molar-refractivity contribution in [2.45, 2.75) is 6.92 Å². The van der Waals surface area contributed by atoms with Crippen LogP contribution in [0.2, 0.25) is 0 Å². The fourth-order valence-corrected chi connectivity index (χ4v) is 2.14. The van der Waals surface area contributed by atoms with Crippen molar-refractivity contribution in [1.82, 2.24) is 10.1 Å². The summed E-state index contributed by atoms with van der Waals surface area (Å²) in [7, 11) is 0. The van der Waals surface area contributed by atoms with Crippen LogP contribution in [0.3, 0.4) is 0 Å². The Labute approximate surface area is 132 Å². The second-order valence-electron chi connectivity index (χ2n) is 4.97. The Morgan fingerprint density at radius 3 is 2.83 bits per heavy atom. The summed E-state index contributed by atoms with van der Waals surface area (Å²) in [6, 6.07) is 14.7. The summed E-state index contributed by atoms with van der Waals surface area (Å²) in [6.07, 6.45) is 0. The van der Waals surface area contributed by atoms with Crippen LogP contribution in [-0.4, -0.2) is 27.8 Å². The SMILES string of the molecule is Cc1cccc(-c2nc(-c3ccccc3OCC(=O)O)no2)c1. The number of nitrogens with zero attached hydrogens (tertiary/aromatic N) is 2. The van der Waals surface area contributed by atoms with E-state index in [4.69, 9.17) is 14.4 Å². The number of rotatable bonds is 5. The highest BCUT2D eigenvalue weighted by Crippen LogP contribution is 2.29. The van der Waals surface area contributed by atoms with E-state index >= 15 is 0 Å². The smallest absolute Gasteiger partial charge is 0.341 e. The van der Waals surface area contributed by atoms with E-state index in [1.54, 1.807) is 24.3 Å². The van der Waals surface area contributed by atoms with Gasteiger partial charge in [0.2, 0.25) is 5.82 Å². The molecule has 1 aromatic heterocycles. The Hall–Kier alpha value is -3.15. The molecule has 0 spiro atoms. The first kappa shape index (κ1) is 14.8. The van der Waals surface area contributed by atoms with Gasteiger partial charge in [-0.05, 0) is 31.2 Å². The van der Waals surface area contributed by atoms with Gasteiger partial charge >= 0.3 is 5.97 Å². The van der Waals surface area contributed by atoms with E-state index in [2.05, 4.69) is 10.1 Å². The molecule has 0 aliphatic rings. The van der Waals surface area contributed by atoms with Crippen molar-refractivity contribution >= 4 is 5.97 Å². The molecule has 0 bridgehead atoms. The zero-order valence-corrected chi connectivity index (χ0v) is 12.4. The number of hydrogen-bond donors (Lipinski definition) is 1. The van der Waals surface area contributed by atoms with Crippen LogP contribution in [0, 0.1) is 6.92 Å². The second-order valence-corrected chi connectivity index (χ2v) is 4.97. The summed E-state index contributed by atoms with van der Waals surface area (Å²) in [5.74, 6) is 0.0964. The Morgan fingerprint density at radius 2 is 2.04 bits per heavy atom. The van der Waals surface area contributed by atoms with E-state index in [-0.39, 0.29) is 0 Å². The van der Waals surface area contributed by atoms with E-state index in [1.807, 2.05) is 31.2 Å². The number of ether oxygens (including phenoxy) is 1. The molecule has 116 valence electrons. The summed E-state index contributed by atoms with van der Waals surface area (Å²) in [6.45, 7) is 1.55. The summed E-state index contributed by atoms with van der Waals surface area (Å²) in [5, 5.41) is 12.7. The lowest BCUT2D eigenvalue weighted by Gasteiger charge is -2.06. The first-order valence-electron chi connectivity index (χ1n) is 6.98. The molecular weight excluding hydrogens is 296 g/mol. The van der Waals surface area contributed by atoms with Gasteiger partial charge in [0.25, 0.3) is 5.89 Å². The molecule has 6 heteroatoms. The number of carboxylic acid groups (broad SMARTS) is 1. The van der Waals surface area contributed by atoms with Gasteiger partial charge in [-0.15, -0.1) is 0 Å². The number of hydrogen-bond acceptors (Lipinski definition) is 5. The average molecular weight is 310 g/mol. The molecule has 0 atom stereocenters. The number of carboxylic acids is 1. The van der Waals surface area contributed by atoms with Crippen LogP contribution in [0.5, 0.6) is 5.75 Å². The molecule has 1 N–H and O–H groups in total. The lowest BCUT2D eigenvalue weighted by molar-refractivity contribution is -0.139. The maximum absolute atomic E-state index is 10.7. The number of carbonyl (C=O) groups is 1. The fraction of sp³-hybridized carbons (Fsp3) is 0.118. The monoisotopic (exact) mass is 310 g/mol. The van der Waals surface area contributed by atoms with Crippen molar-refractivity contribution < 1.29 is 19.2 Å². The topological polar surface area (TPSA) is 85.5 Å². The number of aromatic nitrogens is 2. The van der Waals surface area contributed by atoms with Crippen molar-refractivity contribution in [3.63, 3.8) is 0 Å². The van der Waals surface area contributed by atoms with Crippen LogP contribution >= 0.6 is 0 Å². The summed E-state index contributed by atoms with van der Waals surface area (Å²) in [4.78, 5) is 15.0. The molecule has 0 aliphatic carbocycles. The highest BCUT2D eigenvalue weighted by Gasteiger charge is 2.15. The first-order valence-corrected chi connectivity index (χ1v) is 6.98. The Bertz CT molecular complexity index is 842. The third-order valence-corrected chi connectivity index (χ3v) is 3.17. The molecule has 0 aliphatic heterocycles. The van der Waals surface area contributed by atoms with Gasteiger partial charge in [-0.25, -0.2) is 4.79 Å². The van der Waals surface area contributed by atoms with Crippen molar-refractivity contribution in [3.05, 3.63) is 54.1 Å². The van der Waals surface area contributed by atoms with Crippen LogP contribution in [-0.2, 0) is 4.79 Å². The first-order chi connectivity index (χ1) is 11.1. The molecule has 23 heavy (non-hydrogen) atoms. The molecule has 3 aromatic rings. The van der Waals surface area contributed by atoms with Crippen LogP contribution in [0.4, 0.5) is 0 Å². The molecule has 0 amide bonds. The standard InChI is InChI=1S/C17H14N2O4/c1-11-5-4-6-12(9-11)17-18-16(19-23-17)13-7-2-3-8-14(13)22-10-15(20)21/h2-9H,10H2,1H3,(H,20,21). The lowest BCUT2D eigenvalue weighted by Crippen LogP contribution is -2.10. The average Bonchev–Trinajstić information content (AvgIpc) is 3.03. The third-order valence-electron chi connectivity index (χ3n) is 3.17. The molecule has 3 rings (SSSR count). The summed E-state index contributed by atoms with van der Waals surface area (Å²) >= 11 is 0. The number of aryl methyl sites for hydroxylation is 1. The summed E-state index contributed by atoms with van der Waals surface area (Å²) in [5.41, 5.74) is 2.50. The van der Waals surface area contributed by atoms with Gasteiger partial charge < -0.3 is 14.4 Å². The van der Waals surface area contributed by atoms with Gasteiger partial charge in [-0.3, -0.25) is 0 Å². The minimum absolute atomic E-state index is 0.350. The predicted octanol–water partition coefficient (Wildman–Crippen LogP) is 3.18. The van der Waals surface area contributed by atoms with Crippen LogP contribution in [0.25, 0.3) is 22.8 Å². The van der Waals surface area contributed by atoms with Gasteiger partial charge in [0.1, 0.15) is 5.75 Å². The van der Waals surface area contributed by atoms with E-state index < -0.39 is 12.6 Å². The highest BCUT2D eigenvalue weighted by atomic mass is 16.5. The van der Waals surface area contributed by atoms with E-state index in [1.165, 1.54) is 0 Å². The minimum Gasteiger partial charge on any atom is -0.481 e. The van der Waals surface area contributed by atoms with Gasteiger partial charge in [0.05, 0.1) is 5.56 Å². The number of para-hydroxylation sites is 1. The van der Waals surface area contributed by atoms with Crippen LogP contribution < -0.4 is 4.74 Å². The highest BCUT2D eigenvalue weighted by molar-refractivity contribution is 5.70. The van der Waals surface area contributed by atoms with Crippen LogP contribution in [0.1, 0.15) is 5.56 Å². The molecule has 0 unspecified atom stereocenters. The van der Waals surface area contributed by atoms with Crippen molar-refractivity contribution in [2.24, 2.45) is 0 Å². The maximum Gasteiger partial charge on any atom is 0.341 e.